The van der Waals surface area contributed by atoms with E-state index in [0.29, 0.717) is 12.3 Å². The molecule has 1 aliphatic heterocycles. The van der Waals surface area contributed by atoms with Gasteiger partial charge in [0.25, 0.3) is 0 Å². The van der Waals surface area contributed by atoms with Gasteiger partial charge in [0.1, 0.15) is 7.28 Å². The van der Waals surface area contributed by atoms with Crippen LogP contribution in [0.2, 0.25) is 17.9 Å². The Hall–Kier alpha value is 0.260. The van der Waals surface area contributed by atoms with Crippen LogP contribution in [0.5, 0.6) is 0 Å². The first-order chi connectivity index (χ1) is 4.25. The lowest BCUT2D eigenvalue weighted by molar-refractivity contribution is 1.06. The van der Waals surface area contributed by atoms with Crippen molar-refractivity contribution in [2.24, 2.45) is 0 Å². The zero-order chi connectivity index (χ0) is 6.85. The van der Waals surface area contributed by atoms with E-state index in [0.717, 1.165) is 5.82 Å². The Kier molecular flexibility index (Phi) is 2.37. The molecule has 0 aromatic rings. The predicted octanol–water partition coefficient (Wildman–Crippen LogP) is 0.639. The molecule has 9 heavy (non-hydrogen) atoms. The summed E-state index contributed by atoms with van der Waals surface area (Å²) >= 11 is 0. The molecule has 42 valence electrons. The Balaban J connectivity index is 2.44. The topological polar surface area (TPSA) is 0 Å². The Bertz CT molecular complexity index is 85.0. The van der Waals surface area contributed by atoms with Gasteiger partial charge < -0.3 is 0 Å². The molecule has 4 radical (unpaired) electrons. The van der Waals surface area contributed by atoms with E-state index in [1.54, 1.807) is 0 Å². The maximum Gasteiger partial charge on any atom is 0.103 e. The molecule has 1 heterocycles. The molecule has 4 heteroatoms. The Morgan fingerprint density at radius 2 is 2.33 bits per heavy atom. The van der Waals surface area contributed by atoms with Crippen LogP contribution in [-0.2, 0) is 0 Å². The fourth-order valence-electron chi connectivity index (χ4n) is 1.63. The van der Waals surface area contributed by atoms with E-state index in [4.69, 9.17) is 7.74 Å². The summed E-state index contributed by atoms with van der Waals surface area (Å²) < 4.78 is 0. The van der Waals surface area contributed by atoms with E-state index in [9.17, 15) is 0 Å². The highest BCUT2D eigenvalue weighted by Gasteiger charge is 2.31. The van der Waals surface area contributed by atoms with Gasteiger partial charge in [-0.3, -0.25) is 0 Å². The number of hydrogen-bond donors (Lipinski definition) is 0. The highest BCUT2D eigenvalue weighted by molar-refractivity contribution is 7.34. The van der Waals surface area contributed by atoms with Crippen molar-refractivity contribution >= 4 is 28.7 Å². The molecule has 0 nitrogen and oxygen atoms in total. The zero-order valence-corrected chi connectivity index (χ0v) is 6.17. The highest BCUT2D eigenvalue weighted by atomic mass is 14.0. The summed E-state index contributed by atoms with van der Waals surface area (Å²) in [6.45, 7) is 5.12. The largest absolute Gasteiger partial charge is 0.103 e. The predicted molar refractivity (Wildman–Crippen MR) is 46.7 cm³/mol. The minimum Gasteiger partial charge on any atom is -0.0986 e. The van der Waals surface area contributed by atoms with Crippen molar-refractivity contribution in [3.63, 3.8) is 0 Å². The van der Waals surface area contributed by atoms with Crippen LogP contribution in [0.25, 0.3) is 0 Å². The summed E-state index contributed by atoms with van der Waals surface area (Å²) in [6, 6.07) is 0. The second-order valence-electron chi connectivity index (χ2n) is 3.08. The first-order valence-electron chi connectivity index (χ1n) is 3.64. The van der Waals surface area contributed by atoms with E-state index >= 15 is 0 Å². The molecule has 1 unspecified atom stereocenters. The lowest BCUT2D eigenvalue weighted by atomic mass is 9.07. The molecule has 0 aromatic carbocycles. The van der Waals surface area contributed by atoms with Gasteiger partial charge in [0, 0.05) is 14.8 Å². The summed E-state index contributed by atoms with van der Waals surface area (Å²) in [7, 11) is 9.68. The minimum absolute atomic E-state index is 0.630. The third-order valence-electron chi connectivity index (χ3n) is 2.37. The molecule has 2 atom stereocenters. The van der Waals surface area contributed by atoms with Crippen LogP contribution in [0.15, 0.2) is 0 Å². The van der Waals surface area contributed by atoms with Gasteiger partial charge >= 0.3 is 0 Å². The summed E-state index contributed by atoms with van der Waals surface area (Å²) in [6.07, 6.45) is 1.24. The second kappa shape index (κ2) is 2.90. The van der Waals surface area contributed by atoms with Crippen LogP contribution < -0.4 is 0 Å². The van der Waals surface area contributed by atoms with Crippen LogP contribution >= 0.6 is 0 Å². The van der Waals surface area contributed by atoms with E-state index in [1.165, 1.54) is 6.32 Å². The molecule has 0 amide bonds. The Morgan fingerprint density at radius 1 is 1.67 bits per heavy atom. The first kappa shape index (κ1) is 7.37. The van der Waals surface area contributed by atoms with Crippen molar-refractivity contribution in [3.8, 4) is 0 Å². The monoisotopic (exact) mass is 114 g/mol. The third kappa shape index (κ3) is 1.39. The quantitative estimate of drug-likeness (QED) is 0.438. The summed E-state index contributed by atoms with van der Waals surface area (Å²) in [4.78, 5) is 0. The highest BCUT2D eigenvalue weighted by Crippen LogP contribution is 2.31. The molecular formula is C5H10B4. The van der Waals surface area contributed by atoms with Crippen molar-refractivity contribution in [2.45, 2.75) is 31.7 Å². The second-order valence-corrected chi connectivity index (χ2v) is 3.08. The van der Waals surface area contributed by atoms with Gasteiger partial charge in [-0.1, -0.05) is 31.7 Å². The molecule has 1 rings (SSSR count). The standard InChI is InChI=1S/C5H10B4/c1-4-3-7-5(2)9(4)8-6/h4-5H,3H2,1-2H3/t4-,5?/m1/s1. The van der Waals surface area contributed by atoms with Gasteiger partial charge in [-0.15, -0.1) is 0 Å². The van der Waals surface area contributed by atoms with Gasteiger partial charge in [-0.25, -0.2) is 0 Å². The first-order valence-corrected chi connectivity index (χ1v) is 3.64. The average Bonchev–Trinajstić information content (AvgIpc) is 2.12. The molecule has 0 aromatic heterocycles. The van der Waals surface area contributed by atoms with Crippen molar-refractivity contribution in [3.05, 3.63) is 0 Å². The van der Waals surface area contributed by atoms with Gasteiger partial charge in [0.05, 0.1) is 6.60 Å². The zero-order valence-electron chi connectivity index (χ0n) is 6.17. The fraction of sp³-hybridized carbons (Fsp3) is 1.00. The van der Waals surface area contributed by atoms with Crippen molar-refractivity contribution < 1.29 is 0 Å². The SMILES string of the molecule is [B][B]B1C(C)[B]C[C@H]1C. The Morgan fingerprint density at radius 3 is 2.56 bits per heavy atom. The van der Waals surface area contributed by atoms with Gasteiger partial charge in [-0.05, 0) is 0 Å². The summed E-state index contributed by atoms with van der Waals surface area (Å²) in [5, 5.41) is 0. The maximum atomic E-state index is 5.47. The molecular weight excluding hydrogens is 103 g/mol. The number of hydrogen-bond acceptors (Lipinski definition) is 0. The fourth-order valence-corrected chi connectivity index (χ4v) is 1.63. The summed E-state index contributed by atoms with van der Waals surface area (Å²) in [5.74, 6) is 0.769. The molecule has 0 saturated carbocycles. The van der Waals surface area contributed by atoms with Gasteiger partial charge in [-0.2, -0.15) is 0 Å². The molecule has 0 spiro atoms. The van der Waals surface area contributed by atoms with Crippen LogP contribution in [0, 0.1) is 0 Å². The minimum atomic E-state index is 0.630. The van der Waals surface area contributed by atoms with Crippen molar-refractivity contribution in [1.82, 2.24) is 0 Å². The van der Waals surface area contributed by atoms with Gasteiger partial charge in [0.2, 0.25) is 0 Å². The van der Waals surface area contributed by atoms with Crippen molar-refractivity contribution in [2.75, 3.05) is 0 Å². The maximum absolute atomic E-state index is 5.47. The van der Waals surface area contributed by atoms with Crippen LogP contribution in [0.3, 0.4) is 0 Å². The number of rotatable bonds is 1. The molecule has 0 N–H and O–H groups in total. The molecule has 0 aliphatic carbocycles. The molecule has 1 saturated heterocycles. The molecule has 0 bridgehead atoms. The van der Waals surface area contributed by atoms with E-state index in [1.807, 2.05) is 7.06 Å². The third-order valence-corrected chi connectivity index (χ3v) is 2.37. The Labute approximate surface area is 61.1 Å². The van der Waals surface area contributed by atoms with Gasteiger partial charge in [0.15, 0.2) is 0 Å². The van der Waals surface area contributed by atoms with Crippen LogP contribution in [0.1, 0.15) is 13.8 Å². The van der Waals surface area contributed by atoms with E-state index < -0.39 is 0 Å². The van der Waals surface area contributed by atoms with Crippen LogP contribution in [-0.4, -0.2) is 28.7 Å². The van der Waals surface area contributed by atoms with Crippen LogP contribution in [0.4, 0.5) is 0 Å². The normalized spacial score (nSPS) is 34.2. The molecule has 1 fully saturated rings. The smallest absolute Gasteiger partial charge is 0.0986 e. The summed E-state index contributed by atoms with van der Waals surface area (Å²) in [5.41, 5.74) is 0.699. The molecule has 1 aliphatic rings. The lowest BCUT2D eigenvalue weighted by Crippen LogP contribution is -2.27. The van der Waals surface area contributed by atoms with Crippen molar-refractivity contribution in [1.29, 1.82) is 0 Å². The lowest BCUT2D eigenvalue weighted by Gasteiger charge is -2.13. The van der Waals surface area contributed by atoms with E-state index in [-0.39, 0.29) is 0 Å². The average molecular weight is 113 g/mol. The van der Waals surface area contributed by atoms with E-state index in [2.05, 4.69) is 21.1 Å².